The van der Waals surface area contributed by atoms with Gasteiger partial charge in [0, 0.05) is 12.2 Å². The summed E-state index contributed by atoms with van der Waals surface area (Å²) in [5.74, 6) is 0. The summed E-state index contributed by atoms with van der Waals surface area (Å²) < 4.78 is 0. The van der Waals surface area contributed by atoms with Crippen molar-refractivity contribution in [3.63, 3.8) is 0 Å². The van der Waals surface area contributed by atoms with Gasteiger partial charge in [0.1, 0.15) is 0 Å². The smallest absolute Gasteiger partial charge is 0.0448 e. The van der Waals surface area contributed by atoms with Crippen molar-refractivity contribution in [3.05, 3.63) is 34.9 Å². The third kappa shape index (κ3) is 1.02. The second kappa shape index (κ2) is 2.67. The number of rotatable bonds is 0. The second-order valence-corrected chi connectivity index (χ2v) is 3.25. The highest BCUT2D eigenvalue weighted by atomic mass is 14.9. The molecule has 1 aliphatic rings. The molecule has 1 nitrogen and oxygen atoms in total. The Morgan fingerprint density at radius 3 is 2.92 bits per heavy atom. The first-order valence-electron chi connectivity index (χ1n) is 4.29. The van der Waals surface area contributed by atoms with Gasteiger partial charge in [-0.25, -0.2) is 0 Å². The van der Waals surface area contributed by atoms with Gasteiger partial charge >= 0.3 is 0 Å². The van der Waals surface area contributed by atoms with Crippen molar-refractivity contribution >= 4 is 11.8 Å². The summed E-state index contributed by atoms with van der Waals surface area (Å²) in [6.07, 6.45) is 4.33. The highest BCUT2D eigenvalue weighted by Crippen LogP contribution is 2.26. The molecule has 1 aromatic carbocycles. The lowest BCUT2D eigenvalue weighted by atomic mass is 10.0. The average molecular weight is 159 g/mol. The zero-order valence-corrected chi connectivity index (χ0v) is 7.52. The molecule has 0 radical (unpaired) electrons. The van der Waals surface area contributed by atoms with Gasteiger partial charge in [-0.3, -0.25) is 0 Å². The Bertz CT molecular complexity index is 337. The third-order valence-corrected chi connectivity index (χ3v) is 2.46. The first kappa shape index (κ1) is 7.41. The third-order valence-electron chi connectivity index (χ3n) is 2.46. The molecule has 0 fully saturated rings. The summed E-state index contributed by atoms with van der Waals surface area (Å²) in [5.41, 5.74) is 5.34. The zero-order chi connectivity index (χ0) is 8.55. The molecule has 0 aromatic heterocycles. The van der Waals surface area contributed by atoms with E-state index in [0.29, 0.717) is 0 Å². The standard InChI is InChI=1S/C11H13N/c1-8-5-6-10-4-3-7-12-11(10)9(8)2/h3-6,12H,7H2,1-2H3. The maximum atomic E-state index is 3.38. The fourth-order valence-corrected chi connectivity index (χ4v) is 1.56. The molecule has 0 saturated carbocycles. The molecule has 0 saturated heterocycles. The van der Waals surface area contributed by atoms with Crippen LogP contribution in [0, 0.1) is 13.8 Å². The number of nitrogens with one attached hydrogen (secondary N) is 1. The number of hydrogen-bond donors (Lipinski definition) is 1. The largest absolute Gasteiger partial charge is 0.381 e. The minimum atomic E-state index is 0.956. The molecule has 1 aliphatic heterocycles. The van der Waals surface area contributed by atoms with Crippen LogP contribution >= 0.6 is 0 Å². The van der Waals surface area contributed by atoms with Gasteiger partial charge < -0.3 is 5.32 Å². The van der Waals surface area contributed by atoms with Gasteiger partial charge in [0.25, 0.3) is 0 Å². The van der Waals surface area contributed by atoms with Crippen molar-refractivity contribution < 1.29 is 0 Å². The van der Waals surface area contributed by atoms with Crippen molar-refractivity contribution in [2.75, 3.05) is 11.9 Å². The molecule has 1 heterocycles. The first-order valence-corrected chi connectivity index (χ1v) is 4.29. The Balaban J connectivity index is 2.63. The minimum absolute atomic E-state index is 0.956. The molecule has 62 valence electrons. The van der Waals surface area contributed by atoms with Gasteiger partial charge in [0.2, 0.25) is 0 Å². The molecule has 2 rings (SSSR count). The Morgan fingerprint density at radius 1 is 1.25 bits per heavy atom. The van der Waals surface area contributed by atoms with E-state index in [9.17, 15) is 0 Å². The number of fused-ring (bicyclic) bond motifs is 1. The monoisotopic (exact) mass is 159 g/mol. The highest BCUT2D eigenvalue weighted by Gasteiger charge is 2.06. The Hall–Kier alpha value is -1.24. The van der Waals surface area contributed by atoms with E-state index in [-0.39, 0.29) is 0 Å². The van der Waals surface area contributed by atoms with Crippen LogP contribution < -0.4 is 5.32 Å². The zero-order valence-electron chi connectivity index (χ0n) is 7.52. The van der Waals surface area contributed by atoms with Crippen LogP contribution in [0.5, 0.6) is 0 Å². The van der Waals surface area contributed by atoms with Gasteiger partial charge in [0.05, 0.1) is 0 Å². The Morgan fingerprint density at radius 2 is 2.08 bits per heavy atom. The van der Waals surface area contributed by atoms with Crippen LogP contribution in [0.1, 0.15) is 16.7 Å². The lowest BCUT2D eigenvalue weighted by Crippen LogP contribution is -2.06. The maximum Gasteiger partial charge on any atom is 0.0448 e. The SMILES string of the molecule is Cc1ccc2c(c1C)NCC=C2. The number of hydrogen-bond acceptors (Lipinski definition) is 1. The number of aryl methyl sites for hydroxylation is 1. The van der Waals surface area contributed by atoms with Crippen molar-refractivity contribution in [3.8, 4) is 0 Å². The summed E-state index contributed by atoms with van der Waals surface area (Å²) >= 11 is 0. The van der Waals surface area contributed by atoms with Crippen LogP contribution in [-0.4, -0.2) is 6.54 Å². The Labute approximate surface area is 73.1 Å². The molecule has 0 atom stereocenters. The van der Waals surface area contributed by atoms with Gasteiger partial charge in [-0.15, -0.1) is 0 Å². The van der Waals surface area contributed by atoms with E-state index in [2.05, 4.69) is 43.4 Å². The second-order valence-electron chi connectivity index (χ2n) is 3.25. The van der Waals surface area contributed by atoms with E-state index in [1.807, 2.05) is 0 Å². The number of benzene rings is 1. The first-order chi connectivity index (χ1) is 5.79. The van der Waals surface area contributed by atoms with E-state index < -0.39 is 0 Å². The van der Waals surface area contributed by atoms with Crippen LogP contribution in [0.2, 0.25) is 0 Å². The van der Waals surface area contributed by atoms with Crippen molar-refractivity contribution in [1.82, 2.24) is 0 Å². The fraction of sp³-hybridized carbons (Fsp3) is 0.273. The van der Waals surface area contributed by atoms with Gasteiger partial charge in [0.15, 0.2) is 0 Å². The Kier molecular flexibility index (Phi) is 1.65. The molecule has 0 amide bonds. The van der Waals surface area contributed by atoms with Crippen LogP contribution in [0.25, 0.3) is 6.08 Å². The van der Waals surface area contributed by atoms with Crippen molar-refractivity contribution in [1.29, 1.82) is 0 Å². The highest BCUT2D eigenvalue weighted by molar-refractivity contribution is 5.73. The lowest BCUT2D eigenvalue weighted by Gasteiger charge is -2.16. The van der Waals surface area contributed by atoms with E-state index in [1.165, 1.54) is 22.4 Å². The fourth-order valence-electron chi connectivity index (χ4n) is 1.56. The molecule has 0 spiro atoms. The summed E-state index contributed by atoms with van der Waals surface area (Å²) in [6.45, 7) is 5.27. The van der Waals surface area contributed by atoms with Gasteiger partial charge in [-0.1, -0.05) is 24.3 Å². The molecule has 0 unspecified atom stereocenters. The normalized spacial score (nSPS) is 13.8. The van der Waals surface area contributed by atoms with Crippen LogP contribution in [0.4, 0.5) is 5.69 Å². The maximum absolute atomic E-state index is 3.38. The molecule has 0 aliphatic carbocycles. The molecular formula is C11H13N. The predicted molar refractivity (Wildman–Crippen MR) is 53.4 cm³/mol. The summed E-state index contributed by atoms with van der Waals surface area (Å²) in [6, 6.07) is 4.34. The number of anilines is 1. The lowest BCUT2D eigenvalue weighted by molar-refractivity contribution is 1.24. The van der Waals surface area contributed by atoms with Crippen molar-refractivity contribution in [2.24, 2.45) is 0 Å². The van der Waals surface area contributed by atoms with Gasteiger partial charge in [-0.05, 0) is 30.5 Å². The minimum Gasteiger partial charge on any atom is -0.381 e. The summed E-state index contributed by atoms with van der Waals surface area (Å²) in [5, 5.41) is 3.38. The summed E-state index contributed by atoms with van der Waals surface area (Å²) in [4.78, 5) is 0. The molecule has 1 N–H and O–H groups in total. The van der Waals surface area contributed by atoms with E-state index in [1.54, 1.807) is 0 Å². The molecule has 1 aromatic rings. The summed E-state index contributed by atoms with van der Waals surface area (Å²) in [7, 11) is 0. The molecule has 0 bridgehead atoms. The van der Waals surface area contributed by atoms with Gasteiger partial charge in [-0.2, -0.15) is 0 Å². The van der Waals surface area contributed by atoms with Crippen molar-refractivity contribution in [2.45, 2.75) is 13.8 Å². The molecule has 1 heteroatoms. The van der Waals surface area contributed by atoms with Crippen LogP contribution in [0.3, 0.4) is 0 Å². The molecule has 12 heavy (non-hydrogen) atoms. The van der Waals surface area contributed by atoms with Crippen LogP contribution in [0.15, 0.2) is 18.2 Å². The average Bonchev–Trinajstić information content (AvgIpc) is 2.12. The predicted octanol–water partition coefficient (Wildman–Crippen LogP) is 2.74. The molecular weight excluding hydrogens is 146 g/mol. The van der Waals surface area contributed by atoms with E-state index in [0.717, 1.165) is 6.54 Å². The topological polar surface area (TPSA) is 12.0 Å². The van der Waals surface area contributed by atoms with E-state index >= 15 is 0 Å². The van der Waals surface area contributed by atoms with Crippen LogP contribution in [-0.2, 0) is 0 Å². The van der Waals surface area contributed by atoms with E-state index in [4.69, 9.17) is 0 Å². The quantitative estimate of drug-likeness (QED) is 0.613.